The molecule has 0 aliphatic rings. The quantitative estimate of drug-likeness (QED) is 0.473. The lowest BCUT2D eigenvalue weighted by molar-refractivity contribution is 0.144. The van der Waals surface area contributed by atoms with E-state index in [1.165, 1.54) is 11.9 Å². The average molecular weight is 378 g/mol. The van der Waals surface area contributed by atoms with Crippen molar-refractivity contribution >= 4 is 11.0 Å². The molecule has 3 heterocycles. The molecule has 0 aliphatic heterocycles. The van der Waals surface area contributed by atoms with Crippen LogP contribution in [0.5, 0.6) is 5.88 Å². The number of hydrogen-bond acceptors (Lipinski definition) is 6. The number of methoxy groups -OCH3 is 1. The molecule has 8 heteroatoms. The first-order chi connectivity index (χ1) is 13.8. The number of hydrogen-bond donors (Lipinski definition) is 1. The fraction of sp³-hybridized carbons (Fsp3) is 0.300. The summed E-state index contributed by atoms with van der Waals surface area (Å²) in [6.45, 7) is 3.03. The highest BCUT2D eigenvalue weighted by molar-refractivity contribution is 5.95. The molecule has 4 aromatic rings. The lowest BCUT2D eigenvalue weighted by Gasteiger charge is -2.14. The predicted molar refractivity (Wildman–Crippen MR) is 105 cm³/mol. The third-order valence-corrected chi connectivity index (χ3v) is 4.64. The molecule has 28 heavy (non-hydrogen) atoms. The highest BCUT2D eigenvalue weighted by atomic mass is 16.5. The maximum atomic E-state index is 5.77. The molecule has 1 N–H and O–H groups in total. The van der Waals surface area contributed by atoms with E-state index in [1.54, 1.807) is 7.11 Å². The summed E-state index contributed by atoms with van der Waals surface area (Å²) < 4.78 is 12.7. The molecule has 0 aliphatic carbocycles. The number of benzene rings is 1. The Morgan fingerprint density at radius 2 is 2.00 bits per heavy atom. The van der Waals surface area contributed by atoms with Gasteiger partial charge in [-0.1, -0.05) is 42.5 Å². The molecule has 144 valence electrons. The summed E-state index contributed by atoms with van der Waals surface area (Å²) in [5, 5.41) is 9.57. The molecule has 1 aromatic carbocycles. The number of rotatable bonds is 8. The van der Waals surface area contributed by atoms with Gasteiger partial charge in [-0.2, -0.15) is 0 Å². The molecule has 1 atom stereocenters. The maximum Gasteiger partial charge on any atom is 0.226 e. The van der Waals surface area contributed by atoms with Crippen LogP contribution in [0.2, 0.25) is 0 Å². The minimum atomic E-state index is 0.126. The van der Waals surface area contributed by atoms with Gasteiger partial charge < -0.3 is 14.5 Å². The van der Waals surface area contributed by atoms with E-state index >= 15 is 0 Å². The van der Waals surface area contributed by atoms with E-state index in [4.69, 9.17) is 9.47 Å². The fourth-order valence-electron chi connectivity index (χ4n) is 3.27. The van der Waals surface area contributed by atoms with Gasteiger partial charge in [-0.05, 0) is 12.0 Å². The minimum absolute atomic E-state index is 0.126. The van der Waals surface area contributed by atoms with Gasteiger partial charge in [0.05, 0.1) is 24.2 Å². The third kappa shape index (κ3) is 3.46. The number of nitrogens with zero attached hydrogens (tertiary/aromatic N) is 5. The number of aromatic amines is 1. The van der Waals surface area contributed by atoms with Crippen molar-refractivity contribution in [3.63, 3.8) is 0 Å². The van der Waals surface area contributed by atoms with Crippen molar-refractivity contribution in [2.75, 3.05) is 20.3 Å². The van der Waals surface area contributed by atoms with E-state index in [-0.39, 0.29) is 6.04 Å². The first-order valence-corrected chi connectivity index (χ1v) is 9.22. The van der Waals surface area contributed by atoms with Crippen LogP contribution in [0, 0.1) is 0 Å². The molecule has 0 amide bonds. The van der Waals surface area contributed by atoms with Gasteiger partial charge in [-0.15, -0.1) is 5.10 Å². The van der Waals surface area contributed by atoms with Crippen molar-refractivity contribution in [3.8, 4) is 17.1 Å². The molecule has 0 spiro atoms. The molecule has 0 fully saturated rings. The number of ether oxygens (including phenoxy) is 2. The van der Waals surface area contributed by atoms with Crippen molar-refractivity contribution in [2.24, 2.45) is 0 Å². The van der Waals surface area contributed by atoms with Gasteiger partial charge in [-0.25, -0.2) is 14.6 Å². The largest absolute Gasteiger partial charge is 0.475 e. The fourth-order valence-corrected chi connectivity index (χ4v) is 3.27. The van der Waals surface area contributed by atoms with Crippen molar-refractivity contribution in [3.05, 3.63) is 54.6 Å². The maximum absolute atomic E-state index is 5.77. The highest BCUT2D eigenvalue weighted by Gasteiger charge is 2.19. The Balaban J connectivity index is 1.69. The van der Waals surface area contributed by atoms with Gasteiger partial charge in [0.1, 0.15) is 24.3 Å². The normalized spacial score (nSPS) is 12.4. The SMILES string of the molecule is CCC(c1ccccc1)n1cc(-c2c[nH]c3ncnc(OCCOC)c23)nn1. The molecule has 4 rings (SSSR count). The lowest BCUT2D eigenvalue weighted by Crippen LogP contribution is -2.10. The van der Waals surface area contributed by atoms with Gasteiger partial charge in [0, 0.05) is 18.9 Å². The second kappa shape index (κ2) is 8.18. The second-order valence-corrected chi connectivity index (χ2v) is 6.36. The van der Waals surface area contributed by atoms with Crippen LogP contribution in [0.15, 0.2) is 49.1 Å². The highest BCUT2D eigenvalue weighted by Crippen LogP contribution is 2.32. The molecule has 0 bridgehead atoms. The molecule has 0 radical (unpaired) electrons. The topological polar surface area (TPSA) is 90.7 Å². The van der Waals surface area contributed by atoms with Crippen LogP contribution >= 0.6 is 0 Å². The zero-order valence-electron chi connectivity index (χ0n) is 15.9. The number of nitrogens with one attached hydrogen (secondary N) is 1. The van der Waals surface area contributed by atoms with Gasteiger partial charge in [-0.3, -0.25) is 0 Å². The second-order valence-electron chi connectivity index (χ2n) is 6.36. The summed E-state index contributed by atoms with van der Waals surface area (Å²) in [6, 6.07) is 10.4. The summed E-state index contributed by atoms with van der Waals surface area (Å²) in [4.78, 5) is 11.7. The van der Waals surface area contributed by atoms with Gasteiger partial charge in [0.15, 0.2) is 0 Å². The Labute approximate surface area is 162 Å². The van der Waals surface area contributed by atoms with E-state index < -0.39 is 0 Å². The van der Waals surface area contributed by atoms with Crippen LogP contribution in [-0.2, 0) is 4.74 Å². The number of fused-ring (bicyclic) bond motifs is 1. The van der Waals surface area contributed by atoms with E-state index in [1.807, 2.05) is 35.3 Å². The van der Waals surface area contributed by atoms with Crippen LogP contribution in [0.25, 0.3) is 22.3 Å². The number of aromatic nitrogens is 6. The standard InChI is InChI=1S/C20H22N6O2/c1-3-17(14-7-5-4-6-8-14)26-12-16(24-25-26)15-11-21-19-18(15)20(23-13-22-19)28-10-9-27-2/h4-8,11-13,17H,3,9-10H2,1-2H3,(H,21,22,23). The Kier molecular flexibility index (Phi) is 5.29. The Morgan fingerprint density at radius 3 is 2.79 bits per heavy atom. The molecule has 1 unspecified atom stereocenters. The van der Waals surface area contributed by atoms with Crippen LogP contribution < -0.4 is 4.74 Å². The van der Waals surface area contributed by atoms with E-state index in [9.17, 15) is 0 Å². The van der Waals surface area contributed by atoms with Crippen LogP contribution in [-0.4, -0.2) is 50.3 Å². The molecule has 0 saturated heterocycles. The summed E-state index contributed by atoms with van der Waals surface area (Å²) in [5.41, 5.74) is 3.50. The molecular formula is C20H22N6O2. The van der Waals surface area contributed by atoms with Crippen molar-refractivity contribution < 1.29 is 9.47 Å². The van der Waals surface area contributed by atoms with Crippen molar-refractivity contribution in [1.29, 1.82) is 0 Å². The number of H-pyrrole nitrogens is 1. The molecule has 3 aromatic heterocycles. The van der Waals surface area contributed by atoms with Gasteiger partial charge in [0.2, 0.25) is 5.88 Å². The first-order valence-electron chi connectivity index (χ1n) is 9.22. The average Bonchev–Trinajstić information content (AvgIpc) is 3.37. The molecule has 8 nitrogen and oxygen atoms in total. The lowest BCUT2D eigenvalue weighted by atomic mass is 10.1. The van der Waals surface area contributed by atoms with Crippen LogP contribution in [0.1, 0.15) is 24.9 Å². The summed E-state index contributed by atoms with van der Waals surface area (Å²) in [7, 11) is 1.63. The predicted octanol–water partition coefficient (Wildman–Crippen LogP) is 3.24. The summed E-state index contributed by atoms with van der Waals surface area (Å²) in [6.07, 6.45) is 6.20. The van der Waals surface area contributed by atoms with Gasteiger partial charge >= 0.3 is 0 Å². The van der Waals surface area contributed by atoms with Crippen LogP contribution in [0.3, 0.4) is 0 Å². The smallest absolute Gasteiger partial charge is 0.226 e. The first kappa shape index (κ1) is 18.1. The molecular weight excluding hydrogens is 356 g/mol. The minimum Gasteiger partial charge on any atom is -0.475 e. The van der Waals surface area contributed by atoms with E-state index in [0.29, 0.717) is 24.7 Å². The third-order valence-electron chi connectivity index (χ3n) is 4.64. The zero-order valence-corrected chi connectivity index (χ0v) is 15.9. The zero-order chi connectivity index (χ0) is 19.3. The summed E-state index contributed by atoms with van der Waals surface area (Å²) >= 11 is 0. The van der Waals surface area contributed by atoms with E-state index in [2.05, 4.69) is 44.3 Å². The Bertz CT molecular complexity index is 1040. The van der Waals surface area contributed by atoms with Crippen molar-refractivity contribution in [2.45, 2.75) is 19.4 Å². The monoisotopic (exact) mass is 378 g/mol. The van der Waals surface area contributed by atoms with Crippen LogP contribution in [0.4, 0.5) is 0 Å². The Hall–Kier alpha value is -3.26. The van der Waals surface area contributed by atoms with Crippen molar-refractivity contribution in [1.82, 2.24) is 29.9 Å². The molecule has 0 saturated carbocycles. The van der Waals surface area contributed by atoms with Gasteiger partial charge in [0.25, 0.3) is 0 Å². The van der Waals surface area contributed by atoms with E-state index in [0.717, 1.165) is 23.1 Å². The summed E-state index contributed by atoms with van der Waals surface area (Å²) in [5.74, 6) is 0.503. The Morgan fingerprint density at radius 1 is 1.14 bits per heavy atom.